The number of phenols is 1. The van der Waals surface area contributed by atoms with E-state index in [1.165, 1.54) is 9.91 Å². The average molecular weight is 906 g/mol. The number of likely N-dealkylation sites (N-methyl/N-ethyl adjacent to an activating group) is 1. The Bertz CT molecular complexity index is 2410. The largest absolute Gasteiger partial charge is 0.508 e. The summed E-state index contributed by atoms with van der Waals surface area (Å²) in [7, 11) is 3.34. The molecule has 14 heteroatoms. The molecule has 3 amide bonds. The van der Waals surface area contributed by atoms with Crippen molar-refractivity contribution in [2.75, 3.05) is 27.3 Å². The molecule has 66 heavy (non-hydrogen) atoms. The summed E-state index contributed by atoms with van der Waals surface area (Å²) in [4.78, 5) is 63.8. The molecule has 6 bridgehead atoms. The topological polar surface area (TPSA) is 181 Å². The summed E-state index contributed by atoms with van der Waals surface area (Å²) < 4.78 is 14.2. The Hall–Kier alpha value is -5.31. The minimum Gasteiger partial charge on any atom is -0.508 e. The molecule has 0 radical (unpaired) electrons. The van der Waals surface area contributed by atoms with Crippen LogP contribution in [0.5, 0.6) is 5.75 Å². The highest BCUT2D eigenvalue weighted by molar-refractivity contribution is 5.96. The summed E-state index contributed by atoms with van der Waals surface area (Å²) in [5, 5.41) is 16.8. The van der Waals surface area contributed by atoms with Gasteiger partial charge in [-0.05, 0) is 111 Å². The Morgan fingerprint density at radius 1 is 1.03 bits per heavy atom. The van der Waals surface area contributed by atoms with Crippen molar-refractivity contribution in [1.82, 2.24) is 30.2 Å². The molecule has 1 saturated carbocycles. The van der Waals surface area contributed by atoms with Crippen LogP contribution in [0, 0.1) is 17.3 Å². The fraction of sp³-hybridized carbons (Fsp3) is 0.558. The number of ether oxygens (including phenoxy) is 2. The zero-order valence-electron chi connectivity index (χ0n) is 40.2. The lowest BCUT2D eigenvalue weighted by atomic mass is 9.84. The number of nitrogens with two attached hydrogens (primary N) is 1. The van der Waals surface area contributed by atoms with Gasteiger partial charge in [0.05, 0.1) is 30.0 Å². The first-order valence-corrected chi connectivity index (χ1v) is 24.0. The third-order valence-electron chi connectivity index (χ3n) is 14.0. The van der Waals surface area contributed by atoms with E-state index in [-0.39, 0.29) is 42.7 Å². The van der Waals surface area contributed by atoms with Gasteiger partial charge < -0.3 is 35.1 Å². The van der Waals surface area contributed by atoms with Crippen LogP contribution in [0.4, 0.5) is 0 Å². The number of rotatable bonds is 9. The van der Waals surface area contributed by atoms with E-state index in [2.05, 4.69) is 54.3 Å². The predicted molar refractivity (Wildman–Crippen MR) is 256 cm³/mol. The maximum absolute atomic E-state index is 14.8. The second-order valence-electron chi connectivity index (χ2n) is 19.9. The van der Waals surface area contributed by atoms with Crippen LogP contribution in [0.3, 0.4) is 0 Å². The van der Waals surface area contributed by atoms with Crippen LogP contribution in [0.1, 0.15) is 116 Å². The number of pyridine rings is 1. The molecule has 2 fully saturated rings. The maximum atomic E-state index is 14.8. The van der Waals surface area contributed by atoms with Crippen molar-refractivity contribution in [2.24, 2.45) is 23.0 Å². The minimum atomic E-state index is -1.13. The van der Waals surface area contributed by atoms with Crippen molar-refractivity contribution in [1.29, 1.82) is 0 Å². The molecule has 14 nitrogen and oxygen atoms in total. The number of hydrogen-bond acceptors (Lipinski definition) is 10. The van der Waals surface area contributed by atoms with Gasteiger partial charge in [-0.15, -0.1) is 0 Å². The Morgan fingerprint density at radius 3 is 2.52 bits per heavy atom. The Morgan fingerprint density at radius 2 is 1.79 bits per heavy atom. The highest BCUT2D eigenvalue weighted by atomic mass is 16.5. The molecule has 1 aliphatic carbocycles. The molecule has 4 heterocycles. The molecule has 0 unspecified atom stereocenters. The molecule has 1 saturated heterocycles. The first kappa shape index (κ1) is 48.6. The number of hydrogen-bond donors (Lipinski definition) is 4. The number of carbonyl (C=O) groups is 4. The lowest BCUT2D eigenvalue weighted by molar-refractivity contribution is -0.155. The third kappa shape index (κ3) is 10.5. The number of nitrogens with one attached hydrogen (secondary N) is 2. The number of esters is 1. The van der Waals surface area contributed by atoms with E-state index < -0.39 is 47.2 Å². The monoisotopic (exact) mass is 906 g/mol. The summed E-state index contributed by atoms with van der Waals surface area (Å²) in [6.45, 7) is 13.2. The van der Waals surface area contributed by atoms with Crippen LogP contribution in [-0.2, 0) is 48.0 Å². The van der Waals surface area contributed by atoms with Crippen LogP contribution < -0.4 is 16.5 Å². The quantitative estimate of drug-likeness (QED) is 0.125. The zero-order chi connectivity index (χ0) is 47.4. The molecule has 4 aromatic rings. The Labute approximate surface area is 389 Å². The van der Waals surface area contributed by atoms with Crippen LogP contribution in [0.15, 0.2) is 54.7 Å². The number of fused-ring (bicyclic) bond motifs is 6. The number of cyclic esters (lactones) is 1. The molecule has 6 atom stereocenters. The molecule has 7 rings (SSSR count). The molecule has 2 aromatic carbocycles. The smallest absolute Gasteiger partial charge is 0.324 e. The van der Waals surface area contributed by atoms with E-state index in [9.17, 15) is 24.3 Å². The predicted octanol–water partition coefficient (Wildman–Crippen LogP) is 7.23. The molecular formula is C52H71N7O7. The second-order valence-corrected chi connectivity index (χ2v) is 19.9. The van der Waals surface area contributed by atoms with Gasteiger partial charge in [0.25, 0.3) is 5.91 Å². The van der Waals surface area contributed by atoms with Crippen molar-refractivity contribution in [3.63, 3.8) is 0 Å². The van der Waals surface area contributed by atoms with Gasteiger partial charge in [0.1, 0.15) is 23.9 Å². The van der Waals surface area contributed by atoms with Crippen LogP contribution >= 0.6 is 0 Å². The molecule has 356 valence electrons. The summed E-state index contributed by atoms with van der Waals surface area (Å²) in [6, 6.07) is 12.5. The number of aromatic hydroxyl groups is 1. The highest BCUT2D eigenvalue weighted by Crippen LogP contribution is 2.42. The number of phenolic OH excluding ortho intramolecular Hbond substituents is 1. The number of benzene rings is 2. The lowest BCUT2D eigenvalue weighted by Gasteiger charge is -2.37. The van der Waals surface area contributed by atoms with E-state index >= 15 is 0 Å². The highest BCUT2D eigenvalue weighted by Gasteiger charge is 2.40. The number of hydrazine groups is 1. The first-order chi connectivity index (χ1) is 31.5. The van der Waals surface area contributed by atoms with E-state index in [1.807, 2.05) is 39.0 Å². The van der Waals surface area contributed by atoms with Gasteiger partial charge >= 0.3 is 5.97 Å². The lowest BCUT2D eigenvalue weighted by Crippen LogP contribution is -2.62. The number of aryl methyl sites for hydroxylation is 1. The molecular weight excluding hydrogens is 835 g/mol. The normalized spacial score (nSPS) is 22.7. The van der Waals surface area contributed by atoms with Crippen molar-refractivity contribution in [3.05, 3.63) is 71.5 Å². The van der Waals surface area contributed by atoms with Gasteiger partial charge in [0.15, 0.2) is 0 Å². The number of carbonyl (C=O) groups excluding carboxylic acids is 4. The molecule has 0 spiro atoms. The van der Waals surface area contributed by atoms with Gasteiger partial charge in [-0.25, -0.2) is 5.43 Å². The standard InChI is InChI=1S/C52H71N7O7/c1-9-58-44-21-20-34-28-39(44)40(47(58)38-17-14-22-54-45(38)32(4)65-8)29-52(5,6)30-66-51(64)42-19-15-23-59(56-42)50(63)43(26-33-24-35(34)27-36(60)25-33)55-48(61)46(31(2)3)57(7)49(62)37-16-12-10-11-13-18-41(37)53/h14,17,20-22,24-25,27-28,31-32,37,41-43,46,56,60H,9-13,15-16,18-19,23,26,29-30,53H2,1-8H3,(H,55,61)/t32-,37-,41-,42-,43-,46-/m0/s1. The maximum Gasteiger partial charge on any atom is 0.324 e. The third-order valence-corrected chi connectivity index (χ3v) is 14.0. The number of aromatic nitrogens is 2. The second kappa shape index (κ2) is 20.7. The van der Waals surface area contributed by atoms with Crippen LogP contribution in [0.2, 0.25) is 0 Å². The van der Waals surface area contributed by atoms with Gasteiger partial charge in [-0.3, -0.25) is 29.2 Å². The Balaban J connectivity index is 1.32. The van der Waals surface area contributed by atoms with E-state index in [0.717, 1.165) is 76.6 Å². The van der Waals surface area contributed by atoms with Gasteiger partial charge in [0, 0.05) is 67.8 Å². The van der Waals surface area contributed by atoms with E-state index in [4.69, 9.17) is 20.2 Å². The van der Waals surface area contributed by atoms with Gasteiger partial charge in [0.2, 0.25) is 11.8 Å². The average Bonchev–Trinajstić information content (AvgIpc) is 3.59. The van der Waals surface area contributed by atoms with E-state index in [0.29, 0.717) is 44.3 Å². The molecule has 2 aliphatic heterocycles. The van der Waals surface area contributed by atoms with Crippen molar-refractivity contribution < 1.29 is 33.8 Å². The zero-order valence-corrected chi connectivity index (χ0v) is 40.2. The summed E-state index contributed by atoms with van der Waals surface area (Å²) in [5.41, 5.74) is 16.3. The van der Waals surface area contributed by atoms with Crippen molar-refractivity contribution in [2.45, 2.75) is 143 Å². The first-order valence-electron chi connectivity index (χ1n) is 24.0. The fourth-order valence-electron chi connectivity index (χ4n) is 10.5. The molecule has 5 N–H and O–H groups in total. The summed E-state index contributed by atoms with van der Waals surface area (Å²) >= 11 is 0. The van der Waals surface area contributed by atoms with Crippen molar-refractivity contribution >= 4 is 34.6 Å². The fourth-order valence-corrected chi connectivity index (χ4v) is 10.5. The minimum absolute atomic E-state index is 0.0103. The Kier molecular flexibility index (Phi) is 15.2. The molecule has 2 aromatic heterocycles. The number of nitrogens with zero attached hydrogens (tertiary/aromatic N) is 4. The van der Waals surface area contributed by atoms with Gasteiger partial charge in [-0.1, -0.05) is 65.5 Å². The SMILES string of the molecule is CCn1c(-c2cccnc2[C@H](C)OC)c2c3cc(ccc31)-c1cc(O)cc(c1)C[C@H](NC(=O)[C@H](C(C)C)N(C)C(=O)[C@H]1CCCCCC[C@@H]1N)C(=O)N1CCC[C@H](N1)C(=O)OCC(C)(C)C2. The van der Waals surface area contributed by atoms with Crippen molar-refractivity contribution in [3.8, 4) is 28.1 Å². The summed E-state index contributed by atoms with van der Waals surface area (Å²) in [6.07, 6.45) is 8.49. The van der Waals surface area contributed by atoms with Crippen LogP contribution in [-0.4, -0.2) is 99.7 Å². The summed E-state index contributed by atoms with van der Waals surface area (Å²) in [5.74, 6) is -2.23. The van der Waals surface area contributed by atoms with Crippen LogP contribution in [0.25, 0.3) is 33.3 Å². The van der Waals surface area contributed by atoms with E-state index in [1.54, 1.807) is 32.5 Å². The number of amides is 3. The van der Waals surface area contributed by atoms with Gasteiger partial charge in [-0.2, -0.15) is 0 Å². The molecule has 3 aliphatic rings. The number of methoxy groups -OCH3 is 1.